The molecule has 0 bridgehead atoms. The second-order valence-electron chi connectivity index (χ2n) is 6.27. The molecule has 20 heavy (non-hydrogen) atoms. The Morgan fingerprint density at radius 1 is 1.05 bits per heavy atom. The second-order valence-corrected chi connectivity index (χ2v) is 6.27. The Morgan fingerprint density at radius 3 is 2.40 bits per heavy atom. The standard InChI is InChI=1S/C17H26N3/c1-15-5-3-4-6-17(15)20-9-7-16(8-10-20)19-13-11-18(2)12-14-19/h4-6,16H,7-14H2,1-2H3. The molecule has 0 aromatic heterocycles. The van der Waals surface area contributed by atoms with Crippen molar-refractivity contribution < 1.29 is 0 Å². The Hall–Kier alpha value is -1.06. The van der Waals surface area contributed by atoms with E-state index in [1.165, 1.54) is 63.4 Å². The number of piperidine rings is 1. The van der Waals surface area contributed by atoms with Crippen molar-refractivity contribution in [3.8, 4) is 0 Å². The molecule has 0 aliphatic carbocycles. The van der Waals surface area contributed by atoms with Crippen molar-refractivity contribution in [2.75, 3.05) is 51.2 Å². The van der Waals surface area contributed by atoms with Crippen LogP contribution in [-0.4, -0.2) is 62.2 Å². The number of rotatable bonds is 2. The van der Waals surface area contributed by atoms with E-state index in [2.05, 4.69) is 46.9 Å². The van der Waals surface area contributed by atoms with Crippen LogP contribution in [0.2, 0.25) is 0 Å². The van der Waals surface area contributed by atoms with Crippen LogP contribution in [0, 0.1) is 13.0 Å². The molecule has 2 fully saturated rings. The fourth-order valence-corrected chi connectivity index (χ4v) is 3.52. The highest BCUT2D eigenvalue weighted by molar-refractivity contribution is 5.53. The molecule has 2 aliphatic heterocycles. The maximum Gasteiger partial charge on any atom is 0.0396 e. The van der Waals surface area contributed by atoms with Crippen LogP contribution < -0.4 is 4.90 Å². The van der Waals surface area contributed by atoms with E-state index in [4.69, 9.17) is 0 Å². The molecule has 0 N–H and O–H groups in total. The first-order valence-electron chi connectivity index (χ1n) is 7.88. The summed E-state index contributed by atoms with van der Waals surface area (Å²) in [5.74, 6) is 0. The molecule has 2 aliphatic rings. The molecule has 3 nitrogen and oxygen atoms in total. The quantitative estimate of drug-likeness (QED) is 0.815. The molecule has 109 valence electrons. The van der Waals surface area contributed by atoms with Gasteiger partial charge in [0.25, 0.3) is 0 Å². The fraction of sp³-hybridized carbons (Fsp3) is 0.647. The van der Waals surface area contributed by atoms with Crippen LogP contribution in [-0.2, 0) is 0 Å². The van der Waals surface area contributed by atoms with Gasteiger partial charge in [-0.25, -0.2) is 0 Å². The van der Waals surface area contributed by atoms with E-state index < -0.39 is 0 Å². The zero-order valence-electron chi connectivity index (χ0n) is 12.8. The van der Waals surface area contributed by atoms with Crippen LogP contribution in [0.4, 0.5) is 5.69 Å². The summed E-state index contributed by atoms with van der Waals surface area (Å²) in [5.41, 5.74) is 2.76. The minimum absolute atomic E-state index is 0.801. The van der Waals surface area contributed by atoms with Crippen LogP contribution in [0.3, 0.4) is 0 Å². The largest absolute Gasteiger partial charge is 0.371 e. The Balaban J connectivity index is 1.56. The summed E-state index contributed by atoms with van der Waals surface area (Å²) in [6.07, 6.45) is 2.61. The lowest BCUT2D eigenvalue weighted by Gasteiger charge is -2.42. The number of likely N-dealkylation sites (N-methyl/N-ethyl adjacent to an activating group) is 1. The number of hydrogen-bond acceptors (Lipinski definition) is 3. The molecule has 0 saturated carbocycles. The molecule has 0 atom stereocenters. The van der Waals surface area contributed by atoms with Crippen LogP contribution >= 0.6 is 0 Å². The minimum Gasteiger partial charge on any atom is -0.371 e. The second kappa shape index (κ2) is 6.15. The van der Waals surface area contributed by atoms with E-state index in [1.54, 1.807) is 0 Å². The monoisotopic (exact) mass is 272 g/mol. The van der Waals surface area contributed by atoms with Gasteiger partial charge in [0.1, 0.15) is 0 Å². The van der Waals surface area contributed by atoms with Crippen LogP contribution in [0.25, 0.3) is 0 Å². The summed E-state index contributed by atoms with van der Waals surface area (Å²) in [5, 5.41) is 0. The van der Waals surface area contributed by atoms with Gasteiger partial charge in [-0.3, -0.25) is 4.90 Å². The first kappa shape index (κ1) is 13.9. The van der Waals surface area contributed by atoms with Crippen LogP contribution in [0.15, 0.2) is 18.2 Å². The van der Waals surface area contributed by atoms with Crippen molar-refractivity contribution in [3.63, 3.8) is 0 Å². The molecule has 1 aromatic rings. The van der Waals surface area contributed by atoms with Gasteiger partial charge in [0.05, 0.1) is 0 Å². The summed E-state index contributed by atoms with van der Waals surface area (Å²) < 4.78 is 0. The molecule has 0 spiro atoms. The number of piperazine rings is 1. The Labute approximate surface area is 123 Å². The maximum absolute atomic E-state index is 3.17. The number of anilines is 1. The van der Waals surface area contributed by atoms with Crippen molar-refractivity contribution in [2.24, 2.45) is 0 Å². The van der Waals surface area contributed by atoms with Gasteiger partial charge in [-0.15, -0.1) is 0 Å². The third-order valence-electron chi connectivity index (χ3n) is 4.90. The SMILES string of the molecule is Cc1c[c]ccc1N1CCC(N2CCN(C)CC2)CC1. The topological polar surface area (TPSA) is 9.72 Å². The van der Waals surface area contributed by atoms with Gasteiger partial charge in [-0.05, 0) is 50.6 Å². The van der Waals surface area contributed by atoms with E-state index in [9.17, 15) is 0 Å². The normalized spacial score (nSPS) is 23.2. The van der Waals surface area contributed by atoms with Gasteiger partial charge >= 0.3 is 0 Å². The van der Waals surface area contributed by atoms with E-state index in [0.717, 1.165) is 6.04 Å². The average Bonchev–Trinajstić information content (AvgIpc) is 2.49. The number of benzene rings is 1. The Kier molecular flexibility index (Phi) is 4.27. The molecule has 3 heteroatoms. The highest BCUT2D eigenvalue weighted by atomic mass is 15.3. The molecule has 3 rings (SSSR count). The smallest absolute Gasteiger partial charge is 0.0396 e. The number of aryl methyl sites for hydroxylation is 1. The van der Waals surface area contributed by atoms with Gasteiger partial charge in [0.2, 0.25) is 0 Å². The van der Waals surface area contributed by atoms with E-state index in [0.29, 0.717) is 0 Å². The molecular weight excluding hydrogens is 246 g/mol. The van der Waals surface area contributed by atoms with Crippen molar-refractivity contribution >= 4 is 5.69 Å². The maximum atomic E-state index is 3.17. The van der Waals surface area contributed by atoms with Crippen LogP contribution in [0.5, 0.6) is 0 Å². The predicted molar refractivity (Wildman–Crippen MR) is 84.3 cm³/mol. The highest BCUT2D eigenvalue weighted by Gasteiger charge is 2.26. The van der Waals surface area contributed by atoms with Gasteiger partial charge < -0.3 is 9.80 Å². The molecule has 0 unspecified atom stereocenters. The fourth-order valence-electron chi connectivity index (χ4n) is 3.52. The lowest BCUT2D eigenvalue weighted by Crippen LogP contribution is -2.52. The van der Waals surface area contributed by atoms with Crippen LogP contribution in [0.1, 0.15) is 18.4 Å². The minimum atomic E-state index is 0.801. The third kappa shape index (κ3) is 2.99. The van der Waals surface area contributed by atoms with Crippen molar-refractivity contribution in [1.29, 1.82) is 0 Å². The summed E-state index contributed by atoms with van der Waals surface area (Å²) in [6.45, 7) is 9.55. The third-order valence-corrected chi connectivity index (χ3v) is 4.90. The first-order chi connectivity index (χ1) is 9.74. The zero-order valence-corrected chi connectivity index (χ0v) is 12.8. The Morgan fingerprint density at radius 2 is 1.75 bits per heavy atom. The van der Waals surface area contributed by atoms with E-state index >= 15 is 0 Å². The van der Waals surface area contributed by atoms with Gasteiger partial charge in [-0.2, -0.15) is 0 Å². The van der Waals surface area contributed by atoms with E-state index in [1.807, 2.05) is 6.07 Å². The van der Waals surface area contributed by atoms with Gasteiger partial charge in [0.15, 0.2) is 0 Å². The van der Waals surface area contributed by atoms with E-state index in [-0.39, 0.29) is 0 Å². The highest BCUT2D eigenvalue weighted by Crippen LogP contribution is 2.25. The van der Waals surface area contributed by atoms with Crippen molar-refractivity contribution in [1.82, 2.24) is 9.80 Å². The molecule has 0 amide bonds. The summed E-state index contributed by atoms with van der Waals surface area (Å²) in [6, 6.07) is 10.3. The molecule has 2 heterocycles. The Bertz CT molecular complexity index is 430. The lowest BCUT2D eigenvalue weighted by molar-refractivity contribution is 0.0982. The van der Waals surface area contributed by atoms with Gasteiger partial charge in [-0.1, -0.05) is 6.07 Å². The average molecular weight is 272 g/mol. The van der Waals surface area contributed by atoms with Crippen molar-refractivity contribution in [2.45, 2.75) is 25.8 Å². The molecule has 1 radical (unpaired) electrons. The lowest BCUT2D eigenvalue weighted by atomic mass is 10.0. The zero-order chi connectivity index (χ0) is 13.9. The predicted octanol–water partition coefficient (Wildman–Crippen LogP) is 2.01. The summed E-state index contributed by atoms with van der Waals surface area (Å²) >= 11 is 0. The van der Waals surface area contributed by atoms with Gasteiger partial charge in [0, 0.05) is 51.0 Å². The number of hydrogen-bond donors (Lipinski definition) is 0. The first-order valence-corrected chi connectivity index (χ1v) is 7.88. The molecular formula is C17H26N3. The number of nitrogens with zero attached hydrogens (tertiary/aromatic N) is 3. The summed E-state index contributed by atoms with van der Waals surface area (Å²) in [4.78, 5) is 7.70. The summed E-state index contributed by atoms with van der Waals surface area (Å²) in [7, 11) is 2.23. The van der Waals surface area contributed by atoms with Crippen molar-refractivity contribution in [3.05, 3.63) is 29.8 Å². The molecule has 1 aromatic carbocycles. The molecule has 2 saturated heterocycles.